The van der Waals surface area contributed by atoms with Gasteiger partial charge in [0, 0.05) is 25.9 Å². The number of hydrogen-bond donors (Lipinski definition) is 0. The highest BCUT2D eigenvalue weighted by Gasteiger charge is 2.37. The number of ether oxygens (including phenoxy) is 1. The van der Waals surface area contributed by atoms with Gasteiger partial charge >= 0.3 is 0 Å². The summed E-state index contributed by atoms with van der Waals surface area (Å²) in [6, 6.07) is 17.8. The molecule has 2 heterocycles. The van der Waals surface area contributed by atoms with Crippen LogP contribution < -0.4 is 4.74 Å². The lowest BCUT2D eigenvalue weighted by Crippen LogP contribution is -2.42. The number of amides is 2. The van der Waals surface area contributed by atoms with E-state index in [9.17, 15) is 9.59 Å². The van der Waals surface area contributed by atoms with Crippen molar-refractivity contribution >= 4 is 11.8 Å². The van der Waals surface area contributed by atoms with Crippen molar-refractivity contribution < 1.29 is 14.3 Å². The first-order valence-corrected chi connectivity index (χ1v) is 9.58. The van der Waals surface area contributed by atoms with E-state index in [4.69, 9.17) is 4.74 Å². The third-order valence-corrected chi connectivity index (χ3v) is 5.24. The maximum atomic E-state index is 12.3. The van der Waals surface area contributed by atoms with Crippen LogP contribution in [0.4, 0.5) is 0 Å². The molecule has 140 valence electrons. The first-order chi connectivity index (χ1) is 13.2. The molecule has 0 aliphatic carbocycles. The Morgan fingerprint density at radius 1 is 0.815 bits per heavy atom. The van der Waals surface area contributed by atoms with Gasteiger partial charge in [-0.3, -0.25) is 9.59 Å². The van der Waals surface area contributed by atoms with Gasteiger partial charge in [0.05, 0.1) is 0 Å². The second-order valence-corrected chi connectivity index (χ2v) is 7.10. The number of hydrogen-bond acceptors (Lipinski definition) is 3. The third-order valence-electron chi connectivity index (χ3n) is 5.24. The Balaban J connectivity index is 1.51. The molecule has 2 aromatic carbocycles. The van der Waals surface area contributed by atoms with Crippen LogP contribution in [0.3, 0.4) is 0 Å². The van der Waals surface area contributed by atoms with Gasteiger partial charge in [0.15, 0.2) is 0 Å². The molecule has 27 heavy (non-hydrogen) atoms. The van der Waals surface area contributed by atoms with Crippen molar-refractivity contribution in [1.82, 2.24) is 9.80 Å². The van der Waals surface area contributed by atoms with Crippen molar-refractivity contribution in [3.63, 3.8) is 0 Å². The van der Waals surface area contributed by atoms with E-state index in [0.717, 1.165) is 29.7 Å². The number of carbonyl (C=O) groups is 2. The fourth-order valence-electron chi connectivity index (χ4n) is 3.86. The molecule has 2 fully saturated rings. The Morgan fingerprint density at radius 2 is 1.41 bits per heavy atom. The van der Waals surface area contributed by atoms with Gasteiger partial charge in [0.2, 0.25) is 11.8 Å². The van der Waals surface area contributed by atoms with Crippen LogP contribution in [0.5, 0.6) is 5.75 Å². The quantitative estimate of drug-likeness (QED) is 0.788. The normalized spacial score (nSPS) is 17.2. The third kappa shape index (κ3) is 3.82. The van der Waals surface area contributed by atoms with Crippen LogP contribution in [0.1, 0.15) is 43.0 Å². The zero-order valence-electron chi connectivity index (χ0n) is 15.3. The molecule has 5 heteroatoms. The van der Waals surface area contributed by atoms with Gasteiger partial charge in [0.25, 0.3) is 0 Å². The van der Waals surface area contributed by atoms with Crippen molar-refractivity contribution in [3.05, 3.63) is 65.7 Å². The minimum atomic E-state index is -0.293. The van der Waals surface area contributed by atoms with E-state index in [-0.39, 0.29) is 18.0 Å². The molecule has 0 unspecified atom stereocenters. The number of benzene rings is 2. The van der Waals surface area contributed by atoms with Gasteiger partial charge in [-0.25, -0.2) is 0 Å². The molecule has 2 saturated heterocycles. The summed E-state index contributed by atoms with van der Waals surface area (Å²) in [5.74, 6) is 1.04. The maximum absolute atomic E-state index is 12.3. The van der Waals surface area contributed by atoms with Crippen molar-refractivity contribution in [3.8, 4) is 5.75 Å². The topological polar surface area (TPSA) is 49.9 Å². The molecule has 2 aliphatic rings. The first-order valence-electron chi connectivity index (χ1n) is 9.58. The smallest absolute Gasteiger partial charge is 0.224 e. The lowest BCUT2D eigenvalue weighted by Gasteiger charge is -2.35. The minimum absolute atomic E-state index is 0.129. The molecular weight excluding hydrogens is 340 g/mol. The second-order valence-electron chi connectivity index (χ2n) is 7.10. The number of rotatable bonds is 6. The van der Waals surface area contributed by atoms with E-state index in [1.54, 1.807) is 0 Å². The molecule has 5 nitrogen and oxygen atoms in total. The zero-order valence-corrected chi connectivity index (χ0v) is 15.3. The van der Waals surface area contributed by atoms with E-state index in [1.807, 2.05) is 64.4 Å². The fraction of sp³-hybridized carbons (Fsp3) is 0.364. The predicted octanol–water partition coefficient (Wildman–Crippen LogP) is 3.51. The van der Waals surface area contributed by atoms with Crippen molar-refractivity contribution in [2.45, 2.75) is 38.5 Å². The molecule has 2 amide bonds. The van der Waals surface area contributed by atoms with Gasteiger partial charge in [0.1, 0.15) is 18.5 Å². The predicted molar refractivity (Wildman–Crippen MR) is 102 cm³/mol. The summed E-state index contributed by atoms with van der Waals surface area (Å²) in [6.45, 7) is 1.93. The van der Waals surface area contributed by atoms with Crippen LogP contribution in [0.2, 0.25) is 0 Å². The Labute approximate surface area is 159 Å². The van der Waals surface area contributed by atoms with Crippen LogP contribution in [0.25, 0.3) is 0 Å². The highest BCUT2D eigenvalue weighted by Crippen LogP contribution is 2.33. The van der Waals surface area contributed by atoms with Gasteiger partial charge in [-0.1, -0.05) is 42.5 Å². The van der Waals surface area contributed by atoms with Gasteiger partial charge < -0.3 is 14.5 Å². The highest BCUT2D eigenvalue weighted by molar-refractivity contribution is 5.82. The second kappa shape index (κ2) is 7.82. The summed E-state index contributed by atoms with van der Waals surface area (Å²) in [4.78, 5) is 28.4. The number of carbonyl (C=O) groups excluding carboxylic acids is 2. The molecule has 4 rings (SSSR count). The van der Waals surface area contributed by atoms with E-state index in [1.165, 1.54) is 0 Å². The Morgan fingerprint density at radius 3 is 1.93 bits per heavy atom. The molecule has 0 aromatic heterocycles. The van der Waals surface area contributed by atoms with Crippen LogP contribution in [0, 0.1) is 0 Å². The van der Waals surface area contributed by atoms with Crippen LogP contribution in [0.15, 0.2) is 54.6 Å². The van der Waals surface area contributed by atoms with E-state index >= 15 is 0 Å². The monoisotopic (exact) mass is 364 g/mol. The SMILES string of the molecule is O=C1CCCN1C(c1ccc(OCc2ccccc2)cc1)N1CCCC1=O. The first kappa shape index (κ1) is 17.6. The van der Waals surface area contributed by atoms with Gasteiger partial charge in [-0.2, -0.15) is 0 Å². The van der Waals surface area contributed by atoms with E-state index in [0.29, 0.717) is 32.5 Å². The molecule has 0 saturated carbocycles. The summed E-state index contributed by atoms with van der Waals surface area (Å²) in [5, 5.41) is 0. The largest absolute Gasteiger partial charge is 0.489 e. The Bertz CT molecular complexity index is 778. The molecule has 0 radical (unpaired) electrons. The maximum Gasteiger partial charge on any atom is 0.224 e. The average molecular weight is 364 g/mol. The molecule has 0 bridgehead atoms. The summed E-state index contributed by atoms with van der Waals surface area (Å²) < 4.78 is 5.86. The Hall–Kier alpha value is -2.82. The number of likely N-dealkylation sites (tertiary alicyclic amines) is 2. The standard InChI is InChI=1S/C22H24N2O3/c25-20-8-4-14-23(20)22(24-15-5-9-21(24)26)18-10-12-19(13-11-18)27-16-17-6-2-1-3-7-17/h1-3,6-7,10-13,22H,4-5,8-9,14-16H2. The lowest BCUT2D eigenvalue weighted by atomic mass is 10.1. The van der Waals surface area contributed by atoms with Crippen LogP contribution >= 0.6 is 0 Å². The molecule has 0 N–H and O–H groups in total. The molecule has 0 atom stereocenters. The highest BCUT2D eigenvalue weighted by atomic mass is 16.5. The van der Waals surface area contributed by atoms with Crippen molar-refractivity contribution in [2.75, 3.05) is 13.1 Å². The summed E-state index contributed by atoms with van der Waals surface area (Å²) in [7, 11) is 0. The average Bonchev–Trinajstić information content (AvgIpc) is 3.31. The summed E-state index contributed by atoms with van der Waals surface area (Å²) >= 11 is 0. The van der Waals surface area contributed by atoms with E-state index < -0.39 is 0 Å². The van der Waals surface area contributed by atoms with Crippen LogP contribution in [-0.4, -0.2) is 34.7 Å². The lowest BCUT2D eigenvalue weighted by molar-refractivity contribution is -0.140. The van der Waals surface area contributed by atoms with Crippen molar-refractivity contribution in [1.29, 1.82) is 0 Å². The van der Waals surface area contributed by atoms with Crippen molar-refractivity contribution in [2.24, 2.45) is 0 Å². The Kier molecular flexibility index (Phi) is 5.10. The summed E-state index contributed by atoms with van der Waals surface area (Å²) in [5.41, 5.74) is 2.08. The zero-order chi connectivity index (χ0) is 18.6. The molecule has 2 aromatic rings. The fourth-order valence-corrected chi connectivity index (χ4v) is 3.86. The van der Waals surface area contributed by atoms with Crippen LogP contribution in [-0.2, 0) is 16.2 Å². The molecule has 0 spiro atoms. The molecule has 2 aliphatic heterocycles. The van der Waals surface area contributed by atoms with Gasteiger partial charge in [-0.05, 0) is 36.1 Å². The summed E-state index contributed by atoms with van der Waals surface area (Å²) in [6.07, 6.45) is 2.55. The molecular formula is C22H24N2O3. The van der Waals surface area contributed by atoms with E-state index in [2.05, 4.69) is 0 Å². The number of nitrogens with zero attached hydrogens (tertiary/aromatic N) is 2. The minimum Gasteiger partial charge on any atom is -0.489 e. The van der Waals surface area contributed by atoms with Gasteiger partial charge in [-0.15, -0.1) is 0 Å².